The Bertz CT molecular complexity index is 1620. The van der Waals surface area contributed by atoms with Crippen LogP contribution in [0.3, 0.4) is 0 Å². The smallest absolute Gasteiger partial charge is 0.265 e. The highest BCUT2D eigenvalue weighted by molar-refractivity contribution is 6.05. The first-order valence-electron chi connectivity index (χ1n) is 11.7. The molecule has 1 saturated heterocycles. The van der Waals surface area contributed by atoms with Gasteiger partial charge in [-0.15, -0.1) is 0 Å². The number of nitrogens with zero attached hydrogens (tertiary/aromatic N) is 4. The standard InChI is InChI=1S/C26H26FN5O5/c1-30-19-5-4-16(10-14(19)11-20(30)23(28)33)32-13-18(25(34)31-8-6-15(27)7-9-31)22-17(26(32)35)12-21(36-2)24(29-22)37-3/h4-5,10-13,15H,6-9H2,1-3H3,(H2,28,33). The summed E-state index contributed by atoms with van der Waals surface area (Å²) in [5, 5.41) is 0.860. The fourth-order valence-electron chi connectivity index (χ4n) is 4.81. The van der Waals surface area contributed by atoms with Gasteiger partial charge < -0.3 is 24.7 Å². The van der Waals surface area contributed by atoms with Crippen LogP contribution >= 0.6 is 0 Å². The van der Waals surface area contributed by atoms with E-state index in [-0.39, 0.29) is 59.9 Å². The molecule has 3 aromatic heterocycles. The number of halogens is 1. The lowest BCUT2D eigenvalue weighted by Gasteiger charge is -2.29. The lowest BCUT2D eigenvalue weighted by molar-refractivity contribution is 0.0668. The number of primary amides is 1. The summed E-state index contributed by atoms with van der Waals surface area (Å²) in [5.74, 6) is -0.554. The molecule has 0 bridgehead atoms. The van der Waals surface area contributed by atoms with Crippen molar-refractivity contribution in [2.24, 2.45) is 12.8 Å². The molecule has 37 heavy (non-hydrogen) atoms. The van der Waals surface area contributed by atoms with Crippen LogP contribution in [0.25, 0.3) is 27.5 Å². The average molecular weight is 508 g/mol. The number of piperidine rings is 1. The number of carbonyl (C=O) groups is 2. The third-order valence-electron chi connectivity index (χ3n) is 6.83. The molecule has 0 spiro atoms. The lowest BCUT2D eigenvalue weighted by Crippen LogP contribution is -2.39. The van der Waals surface area contributed by atoms with Crippen LogP contribution in [-0.4, -0.2) is 64.3 Å². The van der Waals surface area contributed by atoms with Gasteiger partial charge in [-0.2, -0.15) is 0 Å². The Labute approximate surface area is 211 Å². The van der Waals surface area contributed by atoms with E-state index in [1.807, 2.05) is 0 Å². The van der Waals surface area contributed by atoms with E-state index in [0.29, 0.717) is 16.8 Å². The van der Waals surface area contributed by atoms with Crippen molar-refractivity contribution in [3.63, 3.8) is 0 Å². The minimum atomic E-state index is -0.944. The van der Waals surface area contributed by atoms with Gasteiger partial charge >= 0.3 is 0 Å². The highest BCUT2D eigenvalue weighted by atomic mass is 19.1. The Hall–Kier alpha value is -4.41. The molecule has 1 aliphatic heterocycles. The van der Waals surface area contributed by atoms with Gasteiger partial charge in [0.2, 0.25) is 0 Å². The molecule has 0 unspecified atom stereocenters. The van der Waals surface area contributed by atoms with Crippen molar-refractivity contribution in [3.8, 4) is 17.3 Å². The van der Waals surface area contributed by atoms with E-state index in [1.54, 1.807) is 40.8 Å². The van der Waals surface area contributed by atoms with Gasteiger partial charge in [-0.1, -0.05) is 0 Å². The van der Waals surface area contributed by atoms with Crippen LogP contribution in [0.4, 0.5) is 4.39 Å². The molecular weight excluding hydrogens is 481 g/mol. The number of hydrogen-bond donors (Lipinski definition) is 1. The summed E-state index contributed by atoms with van der Waals surface area (Å²) >= 11 is 0. The second kappa shape index (κ2) is 9.23. The van der Waals surface area contributed by atoms with Crippen LogP contribution in [0.5, 0.6) is 11.6 Å². The number of methoxy groups -OCH3 is 2. The van der Waals surface area contributed by atoms with Crippen molar-refractivity contribution in [2.45, 2.75) is 19.0 Å². The molecule has 0 atom stereocenters. The number of aromatic nitrogens is 3. The second-order valence-electron chi connectivity index (χ2n) is 8.98. The Balaban J connectivity index is 1.74. The van der Waals surface area contributed by atoms with E-state index < -0.39 is 17.6 Å². The van der Waals surface area contributed by atoms with Gasteiger partial charge in [-0.05, 0) is 37.1 Å². The number of amides is 2. The maximum atomic E-state index is 13.7. The highest BCUT2D eigenvalue weighted by Crippen LogP contribution is 2.30. The molecule has 10 nitrogen and oxygen atoms in total. The number of aryl methyl sites for hydroxylation is 1. The van der Waals surface area contributed by atoms with Crippen molar-refractivity contribution in [1.29, 1.82) is 0 Å². The number of benzene rings is 1. The maximum absolute atomic E-state index is 13.7. The maximum Gasteiger partial charge on any atom is 0.265 e. The summed E-state index contributed by atoms with van der Waals surface area (Å²) < 4.78 is 27.5. The van der Waals surface area contributed by atoms with Crippen LogP contribution in [-0.2, 0) is 7.05 Å². The minimum absolute atomic E-state index is 0.133. The summed E-state index contributed by atoms with van der Waals surface area (Å²) in [6.07, 6.45) is 1.01. The van der Waals surface area contributed by atoms with Gasteiger partial charge in [-0.3, -0.25) is 19.0 Å². The van der Waals surface area contributed by atoms with E-state index in [1.165, 1.54) is 31.0 Å². The van der Waals surface area contributed by atoms with Gasteiger partial charge in [0.15, 0.2) is 5.75 Å². The van der Waals surface area contributed by atoms with Crippen LogP contribution in [0.2, 0.25) is 0 Å². The molecule has 4 heterocycles. The molecule has 0 saturated carbocycles. The zero-order valence-corrected chi connectivity index (χ0v) is 20.7. The van der Waals surface area contributed by atoms with Crippen molar-refractivity contribution in [1.82, 2.24) is 19.0 Å². The van der Waals surface area contributed by atoms with Crippen molar-refractivity contribution in [2.75, 3.05) is 27.3 Å². The summed E-state index contributed by atoms with van der Waals surface area (Å²) in [4.78, 5) is 45.1. The summed E-state index contributed by atoms with van der Waals surface area (Å²) in [7, 11) is 4.58. The van der Waals surface area contributed by atoms with Crippen molar-refractivity contribution >= 4 is 33.6 Å². The average Bonchev–Trinajstić information content (AvgIpc) is 3.24. The zero-order chi connectivity index (χ0) is 26.4. The molecule has 2 N–H and O–H groups in total. The zero-order valence-electron chi connectivity index (χ0n) is 20.7. The number of nitrogens with two attached hydrogens (primary N) is 1. The summed E-state index contributed by atoms with van der Waals surface area (Å²) in [6.45, 7) is 0.527. The third kappa shape index (κ3) is 4.05. The molecule has 0 aliphatic carbocycles. The molecule has 11 heteroatoms. The number of carbonyl (C=O) groups excluding carboxylic acids is 2. The van der Waals surface area contributed by atoms with Crippen LogP contribution in [0, 0.1) is 0 Å². The minimum Gasteiger partial charge on any atom is -0.491 e. The quantitative estimate of drug-likeness (QED) is 0.443. The van der Waals surface area contributed by atoms with Crippen LogP contribution < -0.4 is 20.8 Å². The van der Waals surface area contributed by atoms with Gasteiger partial charge in [0.1, 0.15) is 11.9 Å². The third-order valence-corrected chi connectivity index (χ3v) is 6.83. The van der Waals surface area contributed by atoms with E-state index in [2.05, 4.69) is 4.98 Å². The van der Waals surface area contributed by atoms with Crippen LogP contribution in [0.1, 0.15) is 33.7 Å². The first-order valence-corrected chi connectivity index (χ1v) is 11.7. The Morgan fingerprint density at radius 1 is 1.11 bits per heavy atom. The topological polar surface area (TPSA) is 122 Å². The summed E-state index contributed by atoms with van der Waals surface area (Å²) in [5.41, 5.74) is 6.97. The SMILES string of the molecule is COc1cc2c(=O)n(-c3ccc4c(c3)cc(C(N)=O)n4C)cc(C(=O)N3CCC(F)CC3)c2nc1OC. The first-order chi connectivity index (χ1) is 17.7. The number of rotatable bonds is 5. The van der Waals surface area contributed by atoms with Crippen molar-refractivity contribution in [3.05, 3.63) is 58.1 Å². The molecule has 1 aliphatic rings. The molecule has 192 valence electrons. The number of pyridine rings is 2. The summed E-state index contributed by atoms with van der Waals surface area (Å²) in [6, 6.07) is 8.38. The van der Waals surface area contributed by atoms with Gasteiger partial charge in [-0.25, -0.2) is 9.37 Å². The molecule has 1 fully saturated rings. The largest absolute Gasteiger partial charge is 0.491 e. The number of alkyl halides is 1. The van der Waals surface area contributed by atoms with E-state index >= 15 is 0 Å². The predicted octanol–water partition coefficient (Wildman–Crippen LogP) is 2.57. The van der Waals surface area contributed by atoms with E-state index in [4.69, 9.17) is 15.2 Å². The number of hydrogen-bond acceptors (Lipinski definition) is 6. The highest BCUT2D eigenvalue weighted by Gasteiger charge is 2.27. The Morgan fingerprint density at radius 2 is 1.84 bits per heavy atom. The van der Waals surface area contributed by atoms with E-state index in [9.17, 15) is 18.8 Å². The molecule has 0 radical (unpaired) electrons. The van der Waals surface area contributed by atoms with Gasteiger partial charge in [0.25, 0.3) is 23.3 Å². The first kappa shape index (κ1) is 24.3. The fraction of sp³-hybridized carbons (Fsp3) is 0.308. The number of ether oxygens (including phenoxy) is 2. The van der Waals surface area contributed by atoms with Gasteiger partial charge in [0.05, 0.1) is 30.7 Å². The molecule has 2 amide bonds. The Kier molecular flexibility index (Phi) is 6.06. The van der Waals surface area contributed by atoms with Crippen molar-refractivity contribution < 1.29 is 23.5 Å². The number of fused-ring (bicyclic) bond motifs is 2. The molecular formula is C26H26FN5O5. The van der Waals surface area contributed by atoms with Crippen LogP contribution in [0.15, 0.2) is 41.3 Å². The fourth-order valence-corrected chi connectivity index (χ4v) is 4.81. The molecule has 1 aromatic carbocycles. The van der Waals surface area contributed by atoms with E-state index in [0.717, 1.165) is 5.52 Å². The normalized spacial score (nSPS) is 14.3. The molecule has 5 rings (SSSR count). The second-order valence-corrected chi connectivity index (χ2v) is 8.98. The monoisotopic (exact) mass is 507 g/mol. The predicted molar refractivity (Wildman–Crippen MR) is 135 cm³/mol. The van der Waals surface area contributed by atoms with Gasteiger partial charge in [0, 0.05) is 49.0 Å². The number of likely N-dealkylation sites (tertiary alicyclic amines) is 1. The lowest BCUT2D eigenvalue weighted by atomic mass is 10.1. The molecule has 4 aromatic rings. The Morgan fingerprint density at radius 3 is 2.49 bits per heavy atom.